The van der Waals surface area contributed by atoms with Gasteiger partial charge in [-0.1, -0.05) is 18.5 Å². The van der Waals surface area contributed by atoms with Crippen molar-refractivity contribution in [2.75, 3.05) is 0 Å². The zero-order valence-electron chi connectivity index (χ0n) is 9.53. The summed E-state index contributed by atoms with van der Waals surface area (Å²) in [5.41, 5.74) is 0.426. The number of hydrogen-bond acceptors (Lipinski definition) is 2. The fraction of sp³-hybridized carbons (Fsp3) is 0.308. The maximum absolute atomic E-state index is 12.0. The molecule has 1 rings (SSSR count). The molecule has 0 radical (unpaired) electrons. The molecule has 0 saturated carbocycles. The van der Waals surface area contributed by atoms with Crippen LogP contribution in [0, 0.1) is 12.3 Å². The number of amides is 1. The molecule has 17 heavy (non-hydrogen) atoms. The van der Waals surface area contributed by atoms with Crippen LogP contribution in [-0.4, -0.2) is 11.9 Å². The van der Waals surface area contributed by atoms with Crippen LogP contribution < -0.4 is 5.32 Å². The van der Waals surface area contributed by atoms with Crippen molar-refractivity contribution in [2.45, 2.75) is 30.7 Å². The molecule has 0 aliphatic heterocycles. The first-order valence-electron chi connectivity index (χ1n) is 5.31. The lowest BCUT2D eigenvalue weighted by atomic mass is 10.1. The second-order valence-corrected chi connectivity index (χ2v) is 4.57. The van der Waals surface area contributed by atoms with E-state index in [0.717, 1.165) is 6.42 Å². The molecule has 0 aromatic heterocycles. The van der Waals surface area contributed by atoms with Crippen molar-refractivity contribution < 1.29 is 4.79 Å². The molecule has 4 heteroatoms. The third-order valence-corrected chi connectivity index (χ3v) is 2.99. The standard InChI is InChI=1S/C13H14ClNOS/c1-3-5-9(4-2)15-13(16)11-8-10(17)6-7-12(11)14/h1,6-9,17H,4-5H2,2H3,(H,15,16). The highest BCUT2D eigenvalue weighted by Crippen LogP contribution is 2.19. The number of thiol groups is 1. The molecule has 1 amide bonds. The Balaban J connectivity index is 2.82. The first-order valence-corrected chi connectivity index (χ1v) is 6.13. The zero-order valence-corrected chi connectivity index (χ0v) is 11.2. The second kappa shape index (κ2) is 6.58. The van der Waals surface area contributed by atoms with Crippen LogP contribution >= 0.6 is 24.2 Å². The Bertz CT molecular complexity index is 453. The van der Waals surface area contributed by atoms with Gasteiger partial charge in [0.15, 0.2) is 0 Å². The summed E-state index contributed by atoms with van der Waals surface area (Å²) in [4.78, 5) is 12.7. The van der Waals surface area contributed by atoms with Gasteiger partial charge in [-0.05, 0) is 24.6 Å². The van der Waals surface area contributed by atoms with E-state index in [-0.39, 0.29) is 11.9 Å². The van der Waals surface area contributed by atoms with Gasteiger partial charge in [-0.15, -0.1) is 25.0 Å². The molecular weight excluding hydrogens is 254 g/mol. The van der Waals surface area contributed by atoms with Crippen LogP contribution in [0.1, 0.15) is 30.1 Å². The van der Waals surface area contributed by atoms with E-state index in [2.05, 4.69) is 23.9 Å². The van der Waals surface area contributed by atoms with Crippen LogP contribution in [-0.2, 0) is 0 Å². The van der Waals surface area contributed by atoms with Gasteiger partial charge in [0.05, 0.1) is 10.6 Å². The Hall–Kier alpha value is -1.11. The number of halogens is 1. The van der Waals surface area contributed by atoms with E-state index in [1.807, 2.05) is 6.92 Å². The summed E-state index contributed by atoms with van der Waals surface area (Å²) in [6, 6.07) is 5.01. The van der Waals surface area contributed by atoms with Crippen molar-refractivity contribution in [3.63, 3.8) is 0 Å². The van der Waals surface area contributed by atoms with Crippen molar-refractivity contribution in [3.05, 3.63) is 28.8 Å². The molecule has 0 heterocycles. The lowest BCUT2D eigenvalue weighted by Crippen LogP contribution is -2.34. The van der Waals surface area contributed by atoms with Crippen molar-refractivity contribution >= 4 is 30.1 Å². The van der Waals surface area contributed by atoms with Gasteiger partial charge in [0.2, 0.25) is 0 Å². The average Bonchev–Trinajstić information content (AvgIpc) is 2.31. The van der Waals surface area contributed by atoms with Crippen molar-refractivity contribution in [1.29, 1.82) is 0 Å². The number of carbonyl (C=O) groups excluding carboxylic acids is 1. The lowest BCUT2D eigenvalue weighted by Gasteiger charge is -2.15. The largest absolute Gasteiger partial charge is 0.348 e. The zero-order chi connectivity index (χ0) is 12.8. The maximum Gasteiger partial charge on any atom is 0.253 e. The molecule has 2 nitrogen and oxygen atoms in total. The third kappa shape index (κ3) is 3.99. The molecule has 0 bridgehead atoms. The fourth-order valence-electron chi connectivity index (χ4n) is 1.39. The van der Waals surface area contributed by atoms with Gasteiger partial charge < -0.3 is 5.32 Å². The Labute approximate surface area is 112 Å². The molecule has 1 N–H and O–H groups in total. The van der Waals surface area contributed by atoms with Crippen LogP contribution in [0.25, 0.3) is 0 Å². The van der Waals surface area contributed by atoms with Gasteiger partial charge in [0, 0.05) is 17.4 Å². The van der Waals surface area contributed by atoms with Gasteiger partial charge in [-0.3, -0.25) is 4.79 Å². The summed E-state index contributed by atoms with van der Waals surface area (Å²) in [7, 11) is 0. The van der Waals surface area contributed by atoms with Crippen LogP contribution in [0.2, 0.25) is 5.02 Å². The van der Waals surface area contributed by atoms with Crippen molar-refractivity contribution in [3.8, 4) is 12.3 Å². The molecule has 1 atom stereocenters. The Morgan fingerprint density at radius 1 is 1.65 bits per heavy atom. The molecule has 0 fully saturated rings. The quantitative estimate of drug-likeness (QED) is 0.637. The van der Waals surface area contributed by atoms with Gasteiger partial charge in [0.1, 0.15) is 0 Å². The van der Waals surface area contributed by atoms with Gasteiger partial charge in [-0.2, -0.15) is 0 Å². The predicted molar refractivity (Wildman–Crippen MR) is 73.7 cm³/mol. The minimum Gasteiger partial charge on any atom is -0.348 e. The normalized spacial score (nSPS) is 11.6. The summed E-state index contributed by atoms with van der Waals surface area (Å²) < 4.78 is 0. The highest BCUT2D eigenvalue weighted by molar-refractivity contribution is 7.80. The van der Waals surface area contributed by atoms with Crippen LogP contribution in [0.5, 0.6) is 0 Å². The second-order valence-electron chi connectivity index (χ2n) is 3.65. The number of terminal acetylenes is 1. The highest BCUT2D eigenvalue weighted by Gasteiger charge is 2.14. The van der Waals surface area contributed by atoms with E-state index in [0.29, 0.717) is 21.9 Å². The number of nitrogens with one attached hydrogen (secondary N) is 1. The monoisotopic (exact) mass is 267 g/mol. The number of rotatable bonds is 4. The fourth-order valence-corrected chi connectivity index (χ4v) is 1.80. The van der Waals surface area contributed by atoms with Gasteiger partial charge in [0.25, 0.3) is 5.91 Å². The van der Waals surface area contributed by atoms with Gasteiger partial charge >= 0.3 is 0 Å². The molecule has 0 saturated heterocycles. The van der Waals surface area contributed by atoms with Crippen LogP contribution in [0.3, 0.4) is 0 Å². The van der Waals surface area contributed by atoms with E-state index in [9.17, 15) is 4.79 Å². The van der Waals surface area contributed by atoms with E-state index in [1.54, 1.807) is 18.2 Å². The lowest BCUT2D eigenvalue weighted by molar-refractivity contribution is 0.0936. The topological polar surface area (TPSA) is 29.1 Å². The summed E-state index contributed by atoms with van der Waals surface area (Å²) >= 11 is 10.1. The minimum atomic E-state index is -0.215. The highest BCUT2D eigenvalue weighted by atomic mass is 35.5. The molecular formula is C13H14ClNOS. The van der Waals surface area contributed by atoms with Crippen molar-refractivity contribution in [1.82, 2.24) is 5.32 Å². The molecule has 1 unspecified atom stereocenters. The average molecular weight is 268 g/mol. The summed E-state index contributed by atoms with van der Waals surface area (Å²) in [6.45, 7) is 1.97. The Morgan fingerprint density at radius 3 is 2.94 bits per heavy atom. The van der Waals surface area contributed by atoms with Crippen LogP contribution in [0.4, 0.5) is 0 Å². The molecule has 1 aromatic carbocycles. The van der Waals surface area contributed by atoms with E-state index in [4.69, 9.17) is 18.0 Å². The summed E-state index contributed by atoms with van der Waals surface area (Å²) in [6.07, 6.45) is 6.53. The van der Waals surface area contributed by atoms with E-state index >= 15 is 0 Å². The Kier molecular flexibility index (Phi) is 5.40. The number of carbonyl (C=O) groups is 1. The summed E-state index contributed by atoms with van der Waals surface area (Å²) in [5, 5.41) is 3.26. The van der Waals surface area contributed by atoms with E-state index in [1.165, 1.54) is 0 Å². The smallest absolute Gasteiger partial charge is 0.253 e. The molecule has 0 aliphatic rings. The van der Waals surface area contributed by atoms with Gasteiger partial charge in [-0.25, -0.2) is 0 Å². The Morgan fingerprint density at radius 2 is 2.35 bits per heavy atom. The number of benzene rings is 1. The van der Waals surface area contributed by atoms with E-state index < -0.39 is 0 Å². The summed E-state index contributed by atoms with van der Waals surface area (Å²) in [5.74, 6) is 2.32. The number of hydrogen-bond donors (Lipinski definition) is 2. The van der Waals surface area contributed by atoms with Crippen molar-refractivity contribution in [2.24, 2.45) is 0 Å². The minimum absolute atomic E-state index is 0.0212. The first kappa shape index (κ1) is 14.0. The maximum atomic E-state index is 12.0. The molecule has 1 aromatic rings. The molecule has 0 aliphatic carbocycles. The third-order valence-electron chi connectivity index (χ3n) is 2.39. The predicted octanol–water partition coefficient (Wildman–Crippen LogP) is 3.16. The first-order chi connectivity index (χ1) is 8.08. The SMILES string of the molecule is C#CCC(CC)NC(=O)c1cc(S)ccc1Cl. The van der Waals surface area contributed by atoms with Crippen LogP contribution in [0.15, 0.2) is 23.1 Å². The molecule has 90 valence electrons. The molecule has 0 spiro atoms.